The molecule has 3 rings (SSSR count). The Kier molecular flexibility index (Phi) is 4.60. The molecule has 2 aliphatic rings. The summed E-state index contributed by atoms with van der Waals surface area (Å²) in [6.07, 6.45) is 4.31. The van der Waals surface area contributed by atoms with Crippen LogP contribution in [0.1, 0.15) is 52.8 Å². The van der Waals surface area contributed by atoms with Gasteiger partial charge in [0.25, 0.3) is 11.8 Å². The average Bonchev–Trinajstić information content (AvgIpc) is 3.14. The molecule has 0 saturated heterocycles. The second kappa shape index (κ2) is 6.81. The van der Waals surface area contributed by atoms with E-state index in [-0.39, 0.29) is 31.0 Å². The van der Waals surface area contributed by atoms with E-state index in [9.17, 15) is 14.4 Å². The fourth-order valence-corrected chi connectivity index (χ4v) is 3.11. The molecule has 3 amide bonds. The van der Waals surface area contributed by atoms with Crippen LogP contribution in [0.25, 0.3) is 0 Å². The molecule has 0 radical (unpaired) electrons. The van der Waals surface area contributed by atoms with Crippen LogP contribution < -0.4 is 5.32 Å². The largest absolute Gasteiger partial charge is 0.449 e. The minimum Gasteiger partial charge on any atom is -0.449 e. The van der Waals surface area contributed by atoms with Gasteiger partial charge < -0.3 is 10.1 Å². The first-order chi connectivity index (χ1) is 11.2. The normalized spacial score (nSPS) is 17.5. The van der Waals surface area contributed by atoms with Gasteiger partial charge >= 0.3 is 6.09 Å². The first kappa shape index (κ1) is 15.5. The molecule has 0 unspecified atom stereocenters. The van der Waals surface area contributed by atoms with E-state index in [4.69, 9.17) is 4.74 Å². The molecule has 1 saturated carbocycles. The number of benzene rings is 1. The zero-order chi connectivity index (χ0) is 16.2. The summed E-state index contributed by atoms with van der Waals surface area (Å²) in [5.41, 5.74) is 0.884. The molecule has 1 heterocycles. The molecule has 0 spiro atoms. The Balaban J connectivity index is 1.42. The highest BCUT2D eigenvalue weighted by Crippen LogP contribution is 2.22. The predicted molar refractivity (Wildman–Crippen MR) is 83.2 cm³/mol. The minimum absolute atomic E-state index is 0.186. The van der Waals surface area contributed by atoms with Crippen molar-refractivity contribution in [2.45, 2.75) is 38.1 Å². The summed E-state index contributed by atoms with van der Waals surface area (Å²) >= 11 is 0. The van der Waals surface area contributed by atoms with Crippen LogP contribution in [0, 0.1) is 0 Å². The van der Waals surface area contributed by atoms with Crippen LogP contribution >= 0.6 is 0 Å². The van der Waals surface area contributed by atoms with Crippen LogP contribution in [0.3, 0.4) is 0 Å². The van der Waals surface area contributed by atoms with E-state index in [1.54, 1.807) is 24.3 Å². The first-order valence-corrected chi connectivity index (χ1v) is 8.05. The number of nitrogens with one attached hydrogen (secondary N) is 1. The first-order valence-electron chi connectivity index (χ1n) is 8.05. The Hall–Kier alpha value is -2.37. The molecule has 0 atom stereocenters. The third kappa shape index (κ3) is 3.36. The van der Waals surface area contributed by atoms with E-state index in [1.807, 2.05) is 0 Å². The molecule has 1 aromatic rings. The van der Waals surface area contributed by atoms with Gasteiger partial charge in [0.1, 0.15) is 0 Å². The van der Waals surface area contributed by atoms with Crippen LogP contribution in [0.2, 0.25) is 0 Å². The van der Waals surface area contributed by atoms with E-state index in [0.717, 1.165) is 25.7 Å². The second-order valence-electron chi connectivity index (χ2n) is 5.92. The summed E-state index contributed by atoms with van der Waals surface area (Å²) in [6, 6.07) is 7.01. The van der Waals surface area contributed by atoms with Crippen LogP contribution in [-0.2, 0) is 4.74 Å². The van der Waals surface area contributed by atoms with Crippen molar-refractivity contribution < 1.29 is 19.1 Å². The van der Waals surface area contributed by atoms with Crippen molar-refractivity contribution in [2.75, 3.05) is 13.2 Å². The Morgan fingerprint density at radius 2 is 1.74 bits per heavy atom. The van der Waals surface area contributed by atoms with Gasteiger partial charge in [0, 0.05) is 12.6 Å². The summed E-state index contributed by atoms with van der Waals surface area (Å²) in [6.45, 7) is 0.439. The molecule has 6 nitrogen and oxygen atoms in total. The minimum atomic E-state index is -0.417. The molecule has 122 valence electrons. The number of hydrogen-bond donors (Lipinski definition) is 1. The van der Waals surface area contributed by atoms with Crippen molar-refractivity contribution in [3.8, 4) is 0 Å². The number of imide groups is 1. The lowest BCUT2D eigenvalue weighted by atomic mass is 10.1. The third-order valence-electron chi connectivity index (χ3n) is 4.31. The number of carbonyl (C=O) groups excluding carboxylic acids is 3. The van der Waals surface area contributed by atoms with E-state index in [2.05, 4.69) is 5.32 Å². The van der Waals surface area contributed by atoms with E-state index >= 15 is 0 Å². The van der Waals surface area contributed by atoms with Gasteiger partial charge in [-0.15, -0.1) is 0 Å². The maximum atomic E-state index is 12.2. The Morgan fingerprint density at radius 1 is 1.13 bits per heavy atom. The zero-order valence-electron chi connectivity index (χ0n) is 12.9. The molecule has 0 aromatic heterocycles. The van der Waals surface area contributed by atoms with Crippen molar-refractivity contribution in [3.63, 3.8) is 0 Å². The third-order valence-corrected chi connectivity index (χ3v) is 4.31. The summed E-state index contributed by atoms with van der Waals surface area (Å²) in [4.78, 5) is 37.1. The van der Waals surface area contributed by atoms with Gasteiger partial charge in [-0.3, -0.25) is 14.5 Å². The molecule has 1 fully saturated rings. The molecule has 0 bridgehead atoms. The van der Waals surface area contributed by atoms with Crippen molar-refractivity contribution in [3.05, 3.63) is 35.4 Å². The van der Waals surface area contributed by atoms with Crippen LogP contribution in [0.15, 0.2) is 24.3 Å². The van der Waals surface area contributed by atoms with Crippen molar-refractivity contribution in [1.29, 1.82) is 0 Å². The number of amides is 3. The predicted octanol–water partition coefficient (Wildman–Crippen LogP) is 2.34. The van der Waals surface area contributed by atoms with Gasteiger partial charge in [-0.05, 0) is 31.4 Å². The van der Waals surface area contributed by atoms with Gasteiger partial charge in [0.2, 0.25) is 0 Å². The van der Waals surface area contributed by atoms with Gasteiger partial charge in [-0.25, -0.2) is 4.79 Å². The molecule has 1 aromatic carbocycles. The van der Waals surface area contributed by atoms with Crippen LogP contribution in [0.5, 0.6) is 0 Å². The molecule has 1 N–H and O–H groups in total. The highest BCUT2D eigenvalue weighted by atomic mass is 16.5. The Bertz CT molecular complexity index is 588. The van der Waals surface area contributed by atoms with Crippen molar-refractivity contribution in [1.82, 2.24) is 10.2 Å². The monoisotopic (exact) mass is 316 g/mol. The number of carbonyl (C=O) groups is 3. The number of fused-ring (bicyclic) bond motifs is 1. The van der Waals surface area contributed by atoms with Crippen molar-refractivity contribution in [2.24, 2.45) is 0 Å². The number of ether oxygens (including phenoxy) is 1. The lowest BCUT2D eigenvalue weighted by Crippen LogP contribution is -2.34. The fourth-order valence-electron chi connectivity index (χ4n) is 3.11. The van der Waals surface area contributed by atoms with Crippen molar-refractivity contribution >= 4 is 17.9 Å². The number of rotatable bonds is 5. The summed E-state index contributed by atoms with van der Waals surface area (Å²) in [5, 5.41) is 2.83. The molecular weight excluding hydrogens is 296 g/mol. The Morgan fingerprint density at radius 3 is 2.35 bits per heavy atom. The molecule has 1 aliphatic carbocycles. The average molecular weight is 316 g/mol. The molecule has 1 aliphatic heterocycles. The number of hydrogen-bond acceptors (Lipinski definition) is 4. The van der Waals surface area contributed by atoms with Gasteiger partial charge in [-0.2, -0.15) is 0 Å². The van der Waals surface area contributed by atoms with E-state index in [1.165, 1.54) is 4.90 Å². The summed E-state index contributed by atoms with van der Waals surface area (Å²) in [5.74, 6) is -0.554. The number of nitrogens with zero attached hydrogens (tertiary/aromatic N) is 1. The topological polar surface area (TPSA) is 75.7 Å². The van der Waals surface area contributed by atoms with Crippen LogP contribution in [-0.4, -0.2) is 42.0 Å². The summed E-state index contributed by atoms with van der Waals surface area (Å²) in [7, 11) is 0. The maximum absolute atomic E-state index is 12.2. The highest BCUT2D eigenvalue weighted by molar-refractivity contribution is 6.21. The lowest BCUT2D eigenvalue weighted by molar-refractivity contribution is 0.0641. The van der Waals surface area contributed by atoms with Gasteiger partial charge in [0.05, 0.1) is 17.7 Å². The molecule has 6 heteroatoms. The SMILES string of the molecule is O=C(NC1CCCC1)OCCCN1C(=O)c2ccccc2C1=O. The fraction of sp³-hybridized carbons (Fsp3) is 0.471. The van der Waals surface area contributed by atoms with Gasteiger partial charge in [0.15, 0.2) is 0 Å². The summed E-state index contributed by atoms with van der Waals surface area (Å²) < 4.78 is 5.11. The quantitative estimate of drug-likeness (QED) is 0.668. The van der Waals surface area contributed by atoms with Gasteiger partial charge in [-0.1, -0.05) is 25.0 Å². The molecular formula is C17H20N2O4. The standard InChI is InChI=1S/C17H20N2O4/c20-15-13-8-3-4-9-14(13)16(21)19(15)10-5-11-23-17(22)18-12-6-1-2-7-12/h3-4,8-9,12H,1-2,5-7,10-11H2,(H,18,22). The van der Waals surface area contributed by atoms with E-state index in [0.29, 0.717) is 17.5 Å². The number of alkyl carbamates (subject to hydrolysis) is 1. The van der Waals surface area contributed by atoms with E-state index < -0.39 is 6.09 Å². The zero-order valence-corrected chi connectivity index (χ0v) is 12.9. The highest BCUT2D eigenvalue weighted by Gasteiger charge is 2.34. The molecule has 23 heavy (non-hydrogen) atoms. The smallest absolute Gasteiger partial charge is 0.407 e. The van der Waals surface area contributed by atoms with Crippen LogP contribution in [0.4, 0.5) is 4.79 Å². The lowest BCUT2D eigenvalue weighted by Gasteiger charge is -2.15. The maximum Gasteiger partial charge on any atom is 0.407 e. The second-order valence-corrected chi connectivity index (χ2v) is 5.92. The Labute approximate surface area is 134 Å².